The van der Waals surface area contributed by atoms with E-state index < -0.39 is 11.7 Å². The molecule has 0 saturated carbocycles. The molecule has 35 heavy (non-hydrogen) atoms. The van der Waals surface area contributed by atoms with E-state index in [9.17, 15) is 18.0 Å². The lowest BCUT2D eigenvalue weighted by Gasteiger charge is -2.33. The Balaban J connectivity index is 1.64. The van der Waals surface area contributed by atoms with Crippen LogP contribution in [0.4, 0.5) is 19.0 Å². The van der Waals surface area contributed by atoms with E-state index in [1.165, 1.54) is 12.1 Å². The standard InChI is InChI=1S/C26H28F3N5O/c1-16(2)25(35)32-20-9-12-34(13-10-20)22-15-31-23(18-4-6-19(7-5-18)26(27,28)29)24(33-22)21-8-11-30-14-17(21)3/h4-8,11,14-16,20H,9-10,12-13H2,1-3H3,(H,32,35). The fraction of sp³-hybridized carbons (Fsp3) is 0.385. The van der Waals surface area contributed by atoms with E-state index in [0.717, 1.165) is 36.1 Å². The number of hydrogen-bond donors (Lipinski definition) is 1. The summed E-state index contributed by atoms with van der Waals surface area (Å²) in [5.41, 5.74) is 2.66. The molecule has 1 amide bonds. The van der Waals surface area contributed by atoms with Crippen LogP contribution in [0.5, 0.6) is 0 Å². The first-order chi connectivity index (χ1) is 16.6. The fourth-order valence-corrected chi connectivity index (χ4v) is 4.11. The number of nitrogens with zero attached hydrogens (tertiary/aromatic N) is 4. The molecule has 1 N–H and O–H groups in total. The molecule has 1 aromatic carbocycles. The summed E-state index contributed by atoms with van der Waals surface area (Å²) < 4.78 is 39.2. The minimum Gasteiger partial charge on any atom is -0.355 e. The van der Waals surface area contributed by atoms with E-state index in [1.807, 2.05) is 26.8 Å². The van der Waals surface area contributed by atoms with Crippen molar-refractivity contribution in [2.45, 2.75) is 45.8 Å². The van der Waals surface area contributed by atoms with E-state index in [1.54, 1.807) is 18.6 Å². The summed E-state index contributed by atoms with van der Waals surface area (Å²) in [5.74, 6) is 0.697. The summed E-state index contributed by atoms with van der Waals surface area (Å²) in [4.78, 5) is 27.9. The lowest BCUT2D eigenvalue weighted by Crippen LogP contribution is -2.46. The number of pyridine rings is 1. The number of nitrogens with one attached hydrogen (secondary N) is 1. The lowest BCUT2D eigenvalue weighted by atomic mass is 10.0. The summed E-state index contributed by atoms with van der Waals surface area (Å²) in [5, 5.41) is 3.09. The van der Waals surface area contributed by atoms with Gasteiger partial charge in [0.15, 0.2) is 0 Å². The van der Waals surface area contributed by atoms with Crippen LogP contribution in [0.15, 0.2) is 48.9 Å². The van der Waals surface area contributed by atoms with Crippen LogP contribution in [0, 0.1) is 12.8 Å². The van der Waals surface area contributed by atoms with Gasteiger partial charge in [-0.15, -0.1) is 0 Å². The Morgan fingerprint density at radius 1 is 1.06 bits per heavy atom. The van der Waals surface area contributed by atoms with Gasteiger partial charge < -0.3 is 10.2 Å². The van der Waals surface area contributed by atoms with Gasteiger partial charge in [0.2, 0.25) is 5.91 Å². The van der Waals surface area contributed by atoms with Gasteiger partial charge in [0, 0.05) is 48.6 Å². The van der Waals surface area contributed by atoms with Gasteiger partial charge in [0.1, 0.15) is 5.82 Å². The van der Waals surface area contributed by atoms with Crippen LogP contribution in [-0.4, -0.2) is 40.0 Å². The molecular formula is C26H28F3N5O. The van der Waals surface area contributed by atoms with Crippen LogP contribution in [0.1, 0.15) is 37.8 Å². The number of aryl methyl sites for hydroxylation is 1. The highest BCUT2D eigenvalue weighted by Crippen LogP contribution is 2.35. The molecule has 0 aliphatic carbocycles. The minimum absolute atomic E-state index is 0.0530. The van der Waals surface area contributed by atoms with Gasteiger partial charge >= 0.3 is 6.18 Å². The molecule has 1 aliphatic heterocycles. The number of amides is 1. The molecule has 0 atom stereocenters. The third kappa shape index (κ3) is 5.61. The van der Waals surface area contributed by atoms with Crippen molar-refractivity contribution in [2.24, 2.45) is 5.92 Å². The number of halogens is 3. The Labute approximate surface area is 202 Å². The van der Waals surface area contributed by atoms with Crippen LogP contribution in [0.2, 0.25) is 0 Å². The minimum atomic E-state index is -4.40. The Hall–Kier alpha value is -3.49. The summed E-state index contributed by atoms with van der Waals surface area (Å²) in [6.07, 6.45) is 2.24. The number of anilines is 1. The number of piperidine rings is 1. The predicted molar refractivity (Wildman–Crippen MR) is 129 cm³/mol. The molecule has 1 fully saturated rings. The number of aromatic nitrogens is 3. The monoisotopic (exact) mass is 483 g/mol. The van der Waals surface area contributed by atoms with Crippen LogP contribution < -0.4 is 10.2 Å². The second kappa shape index (κ2) is 10.0. The van der Waals surface area contributed by atoms with Crippen LogP contribution in [-0.2, 0) is 11.0 Å². The molecule has 6 nitrogen and oxygen atoms in total. The van der Waals surface area contributed by atoms with E-state index in [2.05, 4.69) is 20.2 Å². The zero-order valence-corrected chi connectivity index (χ0v) is 19.9. The van der Waals surface area contributed by atoms with Crippen molar-refractivity contribution in [3.05, 3.63) is 60.0 Å². The lowest BCUT2D eigenvalue weighted by molar-refractivity contribution is -0.137. The van der Waals surface area contributed by atoms with Crippen LogP contribution >= 0.6 is 0 Å². The van der Waals surface area contributed by atoms with Gasteiger partial charge in [-0.25, -0.2) is 4.98 Å². The molecule has 2 aromatic heterocycles. The second-order valence-corrected chi connectivity index (χ2v) is 9.12. The van der Waals surface area contributed by atoms with E-state index in [0.29, 0.717) is 35.9 Å². The fourth-order valence-electron chi connectivity index (χ4n) is 4.11. The summed E-state index contributed by atoms with van der Waals surface area (Å²) in [7, 11) is 0. The molecule has 3 heterocycles. The predicted octanol–water partition coefficient (Wildman–Crippen LogP) is 5.27. The molecular weight excluding hydrogens is 455 g/mol. The Morgan fingerprint density at radius 2 is 1.74 bits per heavy atom. The summed E-state index contributed by atoms with van der Waals surface area (Å²) >= 11 is 0. The average Bonchev–Trinajstić information content (AvgIpc) is 2.84. The summed E-state index contributed by atoms with van der Waals surface area (Å²) in [6.45, 7) is 7.09. The van der Waals surface area contributed by atoms with Crippen molar-refractivity contribution in [1.82, 2.24) is 20.3 Å². The first-order valence-corrected chi connectivity index (χ1v) is 11.6. The SMILES string of the molecule is Cc1cnccc1-c1nc(N2CCC(NC(=O)C(C)C)CC2)cnc1-c1ccc(C(F)(F)F)cc1. The van der Waals surface area contributed by atoms with E-state index >= 15 is 0 Å². The van der Waals surface area contributed by atoms with Crippen molar-refractivity contribution in [1.29, 1.82) is 0 Å². The van der Waals surface area contributed by atoms with Crippen LogP contribution in [0.3, 0.4) is 0 Å². The smallest absolute Gasteiger partial charge is 0.355 e. The topological polar surface area (TPSA) is 71.0 Å². The van der Waals surface area contributed by atoms with Gasteiger partial charge in [0.25, 0.3) is 0 Å². The largest absolute Gasteiger partial charge is 0.416 e. The molecule has 1 aliphatic rings. The number of carbonyl (C=O) groups is 1. The molecule has 1 saturated heterocycles. The average molecular weight is 484 g/mol. The molecule has 4 rings (SSSR count). The highest BCUT2D eigenvalue weighted by Gasteiger charge is 2.30. The van der Waals surface area contributed by atoms with Gasteiger partial charge in [-0.1, -0.05) is 26.0 Å². The zero-order valence-electron chi connectivity index (χ0n) is 19.9. The molecule has 9 heteroatoms. The van der Waals surface area contributed by atoms with Crippen molar-refractivity contribution < 1.29 is 18.0 Å². The molecule has 0 unspecified atom stereocenters. The maximum Gasteiger partial charge on any atom is 0.416 e. The maximum atomic E-state index is 13.1. The van der Waals surface area contributed by atoms with Gasteiger partial charge in [-0.3, -0.25) is 14.8 Å². The van der Waals surface area contributed by atoms with Gasteiger partial charge in [-0.2, -0.15) is 13.2 Å². The molecule has 0 spiro atoms. The third-order valence-corrected chi connectivity index (χ3v) is 6.21. The molecule has 0 bridgehead atoms. The quantitative estimate of drug-likeness (QED) is 0.535. The Kier molecular flexibility index (Phi) is 7.05. The summed E-state index contributed by atoms with van der Waals surface area (Å²) in [6, 6.07) is 6.94. The van der Waals surface area contributed by atoms with Gasteiger partial charge in [-0.05, 0) is 43.5 Å². The molecule has 0 radical (unpaired) electrons. The van der Waals surface area contributed by atoms with Crippen molar-refractivity contribution in [2.75, 3.05) is 18.0 Å². The number of hydrogen-bond acceptors (Lipinski definition) is 5. The van der Waals surface area contributed by atoms with Gasteiger partial charge in [0.05, 0.1) is 23.1 Å². The molecule has 3 aromatic rings. The first kappa shape index (κ1) is 24.6. The number of rotatable bonds is 5. The third-order valence-electron chi connectivity index (χ3n) is 6.21. The highest BCUT2D eigenvalue weighted by molar-refractivity contribution is 5.80. The van der Waals surface area contributed by atoms with Crippen LogP contribution in [0.25, 0.3) is 22.5 Å². The number of benzene rings is 1. The van der Waals surface area contributed by atoms with E-state index in [4.69, 9.17) is 4.98 Å². The van der Waals surface area contributed by atoms with E-state index in [-0.39, 0.29) is 17.9 Å². The normalized spacial score (nSPS) is 14.9. The maximum absolute atomic E-state index is 13.1. The van der Waals surface area contributed by atoms with Crippen molar-refractivity contribution in [3.63, 3.8) is 0 Å². The van der Waals surface area contributed by atoms with Crippen molar-refractivity contribution in [3.8, 4) is 22.5 Å². The Morgan fingerprint density at radius 3 is 2.34 bits per heavy atom. The Bertz CT molecular complexity index is 1190. The number of carbonyl (C=O) groups excluding carboxylic acids is 1. The molecule has 184 valence electrons. The van der Waals surface area contributed by atoms with Crippen molar-refractivity contribution >= 4 is 11.7 Å². The highest BCUT2D eigenvalue weighted by atomic mass is 19.4. The second-order valence-electron chi connectivity index (χ2n) is 9.12. The number of alkyl halides is 3. The first-order valence-electron chi connectivity index (χ1n) is 11.6. The zero-order chi connectivity index (χ0) is 25.2.